The number of rotatable bonds is 9. The number of esters is 1. The van der Waals surface area contributed by atoms with Crippen LogP contribution in [0.4, 0.5) is 5.00 Å². The van der Waals surface area contributed by atoms with Crippen LogP contribution in [0.3, 0.4) is 0 Å². The van der Waals surface area contributed by atoms with Gasteiger partial charge in [-0.05, 0) is 48.9 Å². The number of hydrogen-bond acceptors (Lipinski definition) is 7. The van der Waals surface area contributed by atoms with Gasteiger partial charge in [-0.3, -0.25) is 24.0 Å². The molecule has 10 nitrogen and oxygen atoms in total. The van der Waals surface area contributed by atoms with Crippen LogP contribution in [0.15, 0.2) is 18.2 Å². The molecule has 36 heavy (non-hydrogen) atoms. The van der Waals surface area contributed by atoms with Crippen LogP contribution in [0.1, 0.15) is 44.5 Å². The summed E-state index contributed by atoms with van der Waals surface area (Å²) in [5, 5.41) is 8.06. The Morgan fingerprint density at radius 1 is 1.11 bits per heavy atom. The van der Waals surface area contributed by atoms with Gasteiger partial charge in [0.05, 0.1) is 22.7 Å². The zero-order valence-corrected chi connectivity index (χ0v) is 21.6. The molecular weight excluding hydrogens is 531 g/mol. The van der Waals surface area contributed by atoms with Crippen molar-refractivity contribution in [3.8, 4) is 0 Å². The zero-order valence-electron chi connectivity index (χ0n) is 19.2. The van der Waals surface area contributed by atoms with Gasteiger partial charge >= 0.3 is 5.97 Å². The largest absolute Gasteiger partial charge is 0.454 e. The lowest BCUT2D eigenvalue weighted by Crippen LogP contribution is -2.39. The number of hydrogen-bond donors (Lipinski definition) is 4. The van der Waals surface area contributed by atoms with Crippen molar-refractivity contribution in [1.29, 1.82) is 0 Å². The summed E-state index contributed by atoms with van der Waals surface area (Å²) in [6.45, 7) is 0.578. The highest BCUT2D eigenvalue weighted by Crippen LogP contribution is 2.39. The molecule has 1 unspecified atom stereocenters. The van der Waals surface area contributed by atoms with Crippen LogP contribution < -0.4 is 21.7 Å². The third-order valence-corrected chi connectivity index (χ3v) is 7.11. The van der Waals surface area contributed by atoms with Gasteiger partial charge < -0.3 is 26.4 Å². The average molecular weight is 555 g/mol. The zero-order chi connectivity index (χ0) is 26.4. The molecule has 0 aliphatic heterocycles. The fourth-order valence-electron chi connectivity index (χ4n) is 3.62. The number of nitrogens with two attached hydrogens (primary N) is 1. The molecule has 192 valence electrons. The predicted molar refractivity (Wildman–Crippen MR) is 135 cm³/mol. The highest BCUT2D eigenvalue weighted by atomic mass is 35.5. The van der Waals surface area contributed by atoms with Crippen molar-refractivity contribution in [2.75, 3.05) is 25.0 Å². The van der Waals surface area contributed by atoms with E-state index in [1.54, 1.807) is 0 Å². The quantitative estimate of drug-likeness (QED) is 0.348. The number of fused-ring (bicyclic) bond motifs is 1. The van der Waals surface area contributed by atoms with Gasteiger partial charge in [-0.25, -0.2) is 0 Å². The van der Waals surface area contributed by atoms with Gasteiger partial charge in [-0.15, -0.1) is 11.3 Å². The summed E-state index contributed by atoms with van der Waals surface area (Å²) in [7, 11) is 0. The number of thiophene rings is 1. The predicted octanol–water partition coefficient (Wildman–Crippen LogP) is 2.31. The van der Waals surface area contributed by atoms with Crippen LogP contribution in [-0.2, 0) is 32.0 Å². The van der Waals surface area contributed by atoms with Crippen LogP contribution in [0.5, 0.6) is 0 Å². The molecule has 5 N–H and O–H groups in total. The molecule has 1 aromatic carbocycles. The first-order valence-electron chi connectivity index (χ1n) is 10.9. The average Bonchev–Trinajstić information content (AvgIpc) is 3.16. The lowest BCUT2D eigenvalue weighted by molar-refractivity contribution is -0.147. The normalized spacial score (nSPS) is 14.4. The van der Waals surface area contributed by atoms with Crippen LogP contribution in [0.2, 0.25) is 10.0 Å². The second kappa shape index (κ2) is 12.2. The van der Waals surface area contributed by atoms with Crippen molar-refractivity contribution in [3.05, 3.63) is 49.8 Å². The molecule has 0 saturated heterocycles. The molecule has 4 amide bonds. The van der Waals surface area contributed by atoms with Gasteiger partial charge in [0.15, 0.2) is 6.61 Å². The summed E-state index contributed by atoms with van der Waals surface area (Å²) >= 11 is 13.0. The first-order chi connectivity index (χ1) is 17.0. The molecule has 1 heterocycles. The van der Waals surface area contributed by atoms with E-state index in [4.69, 9.17) is 33.7 Å². The van der Waals surface area contributed by atoms with Crippen molar-refractivity contribution in [2.45, 2.75) is 26.2 Å². The standard InChI is InChI=1S/C23H24Cl2N4O6S/c1-11-2-4-14-16(6-11)36-23(20(14)21(26)33)29-18(31)10-35-19(32)9-27-17(30)8-28-22(34)13-5-3-12(24)7-15(13)25/h3,5,7,11H,2,4,6,8-10H2,1H3,(H2,26,33)(H,27,30)(H,28,34)(H,29,31). The van der Waals surface area contributed by atoms with Crippen molar-refractivity contribution in [2.24, 2.45) is 11.7 Å². The SMILES string of the molecule is CC1CCc2c(sc(NC(=O)COC(=O)CNC(=O)CNC(=O)c3ccc(Cl)cc3Cl)c2C(N)=O)C1. The number of anilines is 1. The monoisotopic (exact) mass is 554 g/mol. The summed E-state index contributed by atoms with van der Waals surface area (Å²) in [4.78, 5) is 61.2. The molecule has 1 aromatic heterocycles. The Bertz CT molecular complexity index is 1220. The molecule has 13 heteroatoms. The molecular formula is C23H24Cl2N4O6S. The maximum atomic E-state index is 12.3. The Balaban J connectivity index is 1.42. The maximum absolute atomic E-state index is 12.3. The second-order valence-corrected chi connectivity index (χ2v) is 10.2. The minimum absolute atomic E-state index is 0.127. The molecule has 0 bridgehead atoms. The number of ether oxygens (including phenoxy) is 1. The first-order valence-corrected chi connectivity index (χ1v) is 12.5. The Morgan fingerprint density at radius 3 is 2.56 bits per heavy atom. The Hall–Kier alpha value is -3.15. The summed E-state index contributed by atoms with van der Waals surface area (Å²) in [5.41, 5.74) is 6.83. The fraction of sp³-hybridized carbons (Fsp3) is 0.348. The van der Waals surface area contributed by atoms with Crippen LogP contribution in [0, 0.1) is 5.92 Å². The van der Waals surface area contributed by atoms with E-state index in [9.17, 15) is 24.0 Å². The molecule has 1 atom stereocenters. The van der Waals surface area contributed by atoms with E-state index >= 15 is 0 Å². The van der Waals surface area contributed by atoms with Gasteiger partial charge in [0, 0.05) is 9.90 Å². The van der Waals surface area contributed by atoms with Gasteiger partial charge in [0.2, 0.25) is 5.91 Å². The smallest absolute Gasteiger partial charge is 0.325 e. The van der Waals surface area contributed by atoms with E-state index in [1.807, 2.05) is 0 Å². The van der Waals surface area contributed by atoms with Gasteiger partial charge in [0.1, 0.15) is 11.5 Å². The molecule has 1 aliphatic carbocycles. The van der Waals surface area contributed by atoms with Crippen LogP contribution in [0.25, 0.3) is 0 Å². The third-order valence-electron chi connectivity index (χ3n) is 5.39. The number of amides is 4. The molecule has 0 fully saturated rings. The van der Waals surface area contributed by atoms with Crippen molar-refractivity contribution in [3.63, 3.8) is 0 Å². The highest BCUT2D eigenvalue weighted by molar-refractivity contribution is 7.17. The second-order valence-electron chi connectivity index (χ2n) is 8.21. The van der Waals surface area contributed by atoms with E-state index in [1.165, 1.54) is 29.5 Å². The Morgan fingerprint density at radius 2 is 1.86 bits per heavy atom. The van der Waals surface area contributed by atoms with Crippen molar-refractivity contribution in [1.82, 2.24) is 10.6 Å². The lowest BCUT2D eigenvalue weighted by Gasteiger charge is -2.18. The van der Waals surface area contributed by atoms with Gasteiger partial charge in [-0.1, -0.05) is 30.1 Å². The Labute approximate surface area is 220 Å². The molecule has 0 spiro atoms. The van der Waals surface area contributed by atoms with Crippen molar-refractivity contribution < 1.29 is 28.7 Å². The van der Waals surface area contributed by atoms with E-state index < -0.39 is 49.3 Å². The summed E-state index contributed by atoms with van der Waals surface area (Å²) in [6, 6.07) is 4.29. The molecule has 2 aromatic rings. The topological polar surface area (TPSA) is 157 Å². The summed E-state index contributed by atoms with van der Waals surface area (Å²) in [6.07, 6.45) is 2.44. The number of halogens is 2. The van der Waals surface area contributed by atoms with Crippen LogP contribution >= 0.6 is 34.5 Å². The highest BCUT2D eigenvalue weighted by Gasteiger charge is 2.27. The van der Waals surface area contributed by atoms with Crippen molar-refractivity contribution >= 4 is 69.1 Å². The molecule has 1 aliphatic rings. The maximum Gasteiger partial charge on any atom is 0.325 e. The lowest BCUT2D eigenvalue weighted by atomic mass is 9.88. The van der Waals surface area contributed by atoms with Crippen LogP contribution in [-0.4, -0.2) is 49.3 Å². The molecule has 3 rings (SSSR count). The first kappa shape index (κ1) is 27.4. The van der Waals surface area contributed by atoms with Gasteiger partial charge in [0.25, 0.3) is 17.7 Å². The van der Waals surface area contributed by atoms with E-state index in [2.05, 4.69) is 22.9 Å². The number of carbonyl (C=O) groups is 5. The minimum atomic E-state index is -0.861. The fourth-order valence-corrected chi connectivity index (χ4v) is 5.55. The molecule has 0 radical (unpaired) electrons. The summed E-state index contributed by atoms with van der Waals surface area (Å²) in [5.74, 6) is -2.90. The Kier molecular flexibility index (Phi) is 9.30. The minimum Gasteiger partial charge on any atom is -0.454 e. The van der Waals surface area contributed by atoms with E-state index in [0.29, 0.717) is 27.9 Å². The van der Waals surface area contributed by atoms with E-state index in [-0.39, 0.29) is 10.6 Å². The number of benzene rings is 1. The van der Waals surface area contributed by atoms with E-state index in [0.717, 1.165) is 23.3 Å². The third kappa shape index (κ3) is 7.19. The summed E-state index contributed by atoms with van der Waals surface area (Å²) < 4.78 is 4.87. The number of carbonyl (C=O) groups excluding carboxylic acids is 5. The number of primary amides is 1. The van der Waals surface area contributed by atoms with Gasteiger partial charge in [-0.2, -0.15) is 0 Å². The number of nitrogens with one attached hydrogen (secondary N) is 3. The molecule has 0 saturated carbocycles.